The molecule has 96 valence electrons. The molecule has 0 bridgehead atoms. The van der Waals surface area contributed by atoms with Crippen LogP contribution in [0.5, 0.6) is 0 Å². The second-order valence-electron chi connectivity index (χ2n) is 3.99. The van der Waals surface area contributed by atoms with Crippen molar-refractivity contribution < 1.29 is 9.85 Å². The highest BCUT2D eigenvalue weighted by Crippen LogP contribution is 2.41. The third-order valence-corrected chi connectivity index (χ3v) is 2.98. The van der Waals surface area contributed by atoms with Crippen LogP contribution in [0, 0.1) is 20.2 Å². The van der Waals surface area contributed by atoms with Crippen molar-refractivity contribution in [1.29, 1.82) is 0 Å². The fourth-order valence-corrected chi connectivity index (χ4v) is 2.04. The Labute approximate surface area is 103 Å². The number of nitro benzene ring substituents is 2. The molecule has 18 heavy (non-hydrogen) atoms. The molecule has 2 atom stereocenters. The zero-order chi connectivity index (χ0) is 13.4. The maximum Gasteiger partial charge on any atom is 0.300 e. The molecule has 0 spiro atoms. The summed E-state index contributed by atoms with van der Waals surface area (Å²) in [5.41, 5.74) is -0.130. The van der Waals surface area contributed by atoms with E-state index in [9.17, 15) is 20.2 Å². The van der Waals surface area contributed by atoms with Gasteiger partial charge in [-0.1, -0.05) is 6.92 Å². The van der Waals surface area contributed by atoms with Crippen molar-refractivity contribution in [3.8, 4) is 0 Å². The van der Waals surface area contributed by atoms with Gasteiger partial charge in [-0.05, 0) is 12.5 Å². The van der Waals surface area contributed by atoms with Crippen LogP contribution in [-0.4, -0.2) is 28.1 Å². The van der Waals surface area contributed by atoms with Gasteiger partial charge in [0.25, 0.3) is 5.69 Å². The molecule has 8 nitrogen and oxygen atoms in total. The van der Waals surface area contributed by atoms with E-state index < -0.39 is 9.85 Å². The summed E-state index contributed by atoms with van der Waals surface area (Å²) in [6.07, 6.45) is 0.940. The summed E-state index contributed by atoms with van der Waals surface area (Å²) in [6, 6.07) is 3.69. The van der Waals surface area contributed by atoms with Gasteiger partial charge in [-0.25, -0.2) is 0 Å². The Balaban J connectivity index is 2.42. The van der Waals surface area contributed by atoms with Crippen molar-refractivity contribution in [1.82, 2.24) is 5.01 Å². The molecule has 2 unspecified atom stereocenters. The van der Waals surface area contributed by atoms with E-state index in [-0.39, 0.29) is 17.5 Å². The van der Waals surface area contributed by atoms with Crippen molar-refractivity contribution in [3.05, 3.63) is 38.4 Å². The maximum absolute atomic E-state index is 11.0. The standard InChI is InChI=1S/C10H12N4O4/c1-3-10-11(2)12(10)8-5-4-7(13(15)16)6-9(8)14(17)18/h4-6,10H,3H2,1-2H3. The van der Waals surface area contributed by atoms with E-state index in [4.69, 9.17) is 0 Å². The molecule has 8 heteroatoms. The largest absolute Gasteiger partial charge is 0.300 e. The van der Waals surface area contributed by atoms with Crippen molar-refractivity contribution in [2.45, 2.75) is 19.5 Å². The van der Waals surface area contributed by atoms with Crippen LogP contribution >= 0.6 is 0 Å². The molecule has 0 amide bonds. The van der Waals surface area contributed by atoms with Gasteiger partial charge in [-0.3, -0.25) is 25.2 Å². The van der Waals surface area contributed by atoms with Gasteiger partial charge in [0, 0.05) is 13.1 Å². The lowest BCUT2D eigenvalue weighted by Gasteiger charge is -2.04. The molecule has 0 N–H and O–H groups in total. The monoisotopic (exact) mass is 252 g/mol. The molecular weight excluding hydrogens is 240 g/mol. The van der Waals surface area contributed by atoms with Gasteiger partial charge in [0.1, 0.15) is 11.9 Å². The molecule has 0 aliphatic carbocycles. The number of anilines is 1. The first-order valence-electron chi connectivity index (χ1n) is 5.42. The molecule has 1 fully saturated rings. The molecule has 2 rings (SSSR count). The first kappa shape index (κ1) is 12.2. The Morgan fingerprint density at radius 1 is 1.28 bits per heavy atom. The average molecular weight is 252 g/mol. The third kappa shape index (κ3) is 1.86. The number of non-ortho nitro benzene ring substituents is 1. The lowest BCUT2D eigenvalue weighted by Crippen LogP contribution is -2.04. The van der Waals surface area contributed by atoms with E-state index in [0.29, 0.717) is 5.69 Å². The minimum Gasteiger partial charge on any atom is -0.278 e. The van der Waals surface area contributed by atoms with E-state index in [1.54, 1.807) is 5.01 Å². The number of rotatable bonds is 4. The number of hydrogen-bond acceptors (Lipinski definition) is 6. The first-order valence-corrected chi connectivity index (χ1v) is 5.42. The number of nitro groups is 2. The Kier molecular flexibility index (Phi) is 2.87. The average Bonchev–Trinajstić information content (AvgIpc) is 2.98. The van der Waals surface area contributed by atoms with E-state index in [0.717, 1.165) is 12.5 Å². The molecule has 1 aromatic rings. The highest BCUT2D eigenvalue weighted by molar-refractivity contribution is 5.68. The second-order valence-corrected chi connectivity index (χ2v) is 3.99. The quantitative estimate of drug-likeness (QED) is 0.461. The highest BCUT2D eigenvalue weighted by atomic mass is 16.6. The summed E-state index contributed by atoms with van der Waals surface area (Å²) in [4.78, 5) is 20.3. The van der Waals surface area contributed by atoms with Crippen LogP contribution in [-0.2, 0) is 0 Å². The van der Waals surface area contributed by atoms with Crippen molar-refractivity contribution in [3.63, 3.8) is 0 Å². The lowest BCUT2D eigenvalue weighted by atomic mass is 10.2. The maximum atomic E-state index is 11.0. The third-order valence-electron chi connectivity index (χ3n) is 2.98. The predicted octanol–water partition coefficient (Wildman–Crippen LogP) is 1.91. The summed E-state index contributed by atoms with van der Waals surface area (Å²) in [6.45, 7) is 1.97. The topological polar surface area (TPSA) is 92.3 Å². The molecule has 0 radical (unpaired) electrons. The molecule has 1 heterocycles. The summed E-state index contributed by atoms with van der Waals surface area (Å²) in [5.74, 6) is 0. The van der Waals surface area contributed by atoms with Crippen LogP contribution in [0.2, 0.25) is 0 Å². The number of hydrazine groups is 1. The summed E-state index contributed by atoms with van der Waals surface area (Å²) < 4.78 is 0. The van der Waals surface area contributed by atoms with Gasteiger partial charge in [-0.15, -0.1) is 0 Å². The summed E-state index contributed by atoms with van der Waals surface area (Å²) in [5, 5.41) is 25.2. The Morgan fingerprint density at radius 3 is 2.39 bits per heavy atom. The molecule has 0 saturated carbocycles. The number of nitrogens with zero attached hydrogens (tertiary/aromatic N) is 4. The van der Waals surface area contributed by atoms with Gasteiger partial charge < -0.3 is 0 Å². The SMILES string of the molecule is CCC1N(C)N1c1ccc([N+](=O)[O-])cc1[N+](=O)[O-]. The summed E-state index contributed by atoms with van der Waals surface area (Å²) in [7, 11) is 1.82. The van der Waals surface area contributed by atoms with Crippen LogP contribution in [0.15, 0.2) is 18.2 Å². The van der Waals surface area contributed by atoms with Crippen molar-refractivity contribution in [2.75, 3.05) is 12.1 Å². The van der Waals surface area contributed by atoms with Crippen LogP contribution in [0.25, 0.3) is 0 Å². The number of benzene rings is 1. The van der Waals surface area contributed by atoms with Crippen LogP contribution in [0.3, 0.4) is 0 Å². The first-order chi connectivity index (χ1) is 8.47. The fraction of sp³-hybridized carbons (Fsp3) is 0.400. The van der Waals surface area contributed by atoms with Gasteiger partial charge in [0.05, 0.1) is 15.9 Å². The Bertz CT molecular complexity index is 519. The zero-order valence-electron chi connectivity index (χ0n) is 9.94. The van der Waals surface area contributed by atoms with Crippen molar-refractivity contribution in [2.24, 2.45) is 0 Å². The van der Waals surface area contributed by atoms with Gasteiger partial charge in [0.2, 0.25) is 0 Å². The smallest absolute Gasteiger partial charge is 0.278 e. The molecule has 1 aliphatic rings. The highest BCUT2D eigenvalue weighted by Gasteiger charge is 2.44. The molecule has 1 aliphatic heterocycles. The lowest BCUT2D eigenvalue weighted by molar-refractivity contribution is -0.393. The molecule has 1 aromatic carbocycles. The van der Waals surface area contributed by atoms with Gasteiger partial charge in [0.15, 0.2) is 0 Å². The summed E-state index contributed by atoms with van der Waals surface area (Å²) >= 11 is 0. The normalized spacial score (nSPS) is 21.8. The van der Waals surface area contributed by atoms with Crippen LogP contribution in [0.1, 0.15) is 13.3 Å². The van der Waals surface area contributed by atoms with E-state index >= 15 is 0 Å². The van der Waals surface area contributed by atoms with Crippen LogP contribution in [0.4, 0.5) is 17.1 Å². The molecule has 1 saturated heterocycles. The second kappa shape index (κ2) is 4.22. The minimum atomic E-state index is -0.639. The van der Waals surface area contributed by atoms with Crippen LogP contribution < -0.4 is 5.01 Å². The van der Waals surface area contributed by atoms with Crippen molar-refractivity contribution >= 4 is 17.1 Å². The zero-order valence-corrected chi connectivity index (χ0v) is 9.94. The minimum absolute atomic E-state index is 0.116. The Morgan fingerprint density at radius 2 is 1.94 bits per heavy atom. The fourth-order valence-electron chi connectivity index (χ4n) is 2.04. The van der Waals surface area contributed by atoms with Gasteiger partial charge >= 0.3 is 5.69 Å². The molecule has 0 aromatic heterocycles. The predicted molar refractivity (Wildman–Crippen MR) is 64.1 cm³/mol. The Hall–Kier alpha value is -2.22. The number of hydrogen-bond donors (Lipinski definition) is 0. The van der Waals surface area contributed by atoms with E-state index in [1.165, 1.54) is 12.1 Å². The molecular formula is C10H12N4O4. The van der Waals surface area contributed by atoms with Gasteiger partial charge in [-0.2, -0.15) is 5.01 Å². The van der Waals surface area contributed by atoms with E-state index in [1.807, 2.05) is 19.0 Å². The van der Waals surface area contributed by atoms with E-state index in [2.05, 4.69) is 0 Å².